The lowest BCUT2D eigenvalue weighted by molar-refractivity contribution is 0.244. The fraction of sp³-hybridized carbons (Fsp3) is 0.533. The van der Waals surface area contributed by atoms with Gasteiger partial charge in [0.05, 0.1) is 28.8 Å². The minimum atomic E-state index is -3.11. The molecule has 0 unspecified atom stereocenters. The highest BCUT2D eigenvalue weighted by Crippen LogP contribution is 2.33. The first-order valence-corrected chi connectivity index (χ1v) is 8.95. The van der Waals surface area contributed by atoms with Gasteiger partial charge in [0.15, 0.2) is 9.84 Å². The molecule has 1 saturated heterocycles. The van der Waals surface area contributed by atoms with Gasteiger partial charge in [-0.3, -0.25) is 0 Å². The summed E-state index contributed by atoms with van der Waals surface area (Å²) in [5, 5.41) is 5.42. The van der Waals surface area contributed by atoms with Gasteiger partial charge in [-0.25, -0.2) is 13.2 Å². The zero-order valence-electron chi connectivity index (χ0n) is 13.0. The van der Waals surface area contributed by atoms with Gasteiger partial charge >= 0.3 is 6.03 Å². The van der Waals surface area contributed by atoms with Crippen LogP contribution in [-0.4, -0.2) is 37.6 Å². The van der Waals surface area contributed by atoms with Crippen LogP contribution in [0.3, 0.4) is 0 Å². The molecule has 0 spiro atoms. The molecule has 1 aromatic rings. The number of sulfone groups is 1. The molecule has 1 aliphatic heterocycles. The first kappa shape index (κ1) is 16.6. The molecule has 0 aliphatic carbocycles. The van der Waals surface area contributed by atoms with Crippen LogP contribution in [0.1, 0.15) is 27.2 Å². The largest absolute Gasteiger partial charge is 0.491 e. The molecule has 1 atom stereocenters. The number of carbonyl (C=O) groups excluding carboxylic acids is 1. The molecule has 2 amide bonds. The third-order valence-corrected chi connectivity index (χ3v) is 6.59. The van der Waals surface area contributed by atoms with Crippen molar-refractivity contribution in [2.24, 2.45) is 0 Å². The molecule has 1 aromatic carbocycles. The van der Waals surface area contributed by atoms with Crippen LogP contribution in [-0.2, 0) is 9.84 Å². The van der Waals surface area contributed by atoms with Crippen molar-refractivity contribution in [2.45, 2.75) is 38.0 Å². The van der Waals surface area contributed by atoms with Crippen LogP contribution in [0.25, 0.3) is 0 Å². The number of urea groups is 1. The van der Waals surface area contributed by atoms with Gasteiger partial charge in [0, 0.05) is 0 Å². The summed E-state index contributed by atoms with van der Waals surface area (Å²) in [6.45, 7) is 5.81. The fourth-order valence-corrected chi connectivity index (χ4v) is 3.84. The van der Waals surface area contributed by atoms with Crippen LogP contribution in [0, 0.1) is 0 Å². The lowest BCUT2D eigenvalue weighted by Crippen LogP contribution is -2.67. The van der Waals surface area contributed by atoms with Gasteiger partial charge in [0.1, 0.15) is 5.75 Å². The number of carbonyl (C=O) groups is 1. The molecule has 7 heteroatoms. The highest BCUT2D eigenvalue weighted by Gasteiger charge is 2.54. The number of nitrogens with one attached hydrogen (secondary N) is 2. The normalized spacial score (nSPS) is 21.5. The van der Waals surface area contributed by atoms with E-state index in [1.54, 1.807) is 32.0 Å². The number of rotatable bonds is 5. The van der Waals surface area contributed by atoms with E-state index in [0.717, 1.165) is 6.42 Å². The van der Waals surface area contributed by atoms with Crippen molar-refractivity contribution in [2.75, 3.05) is 17.7 Å². The Kier molecular flexibility index (Phi) is 4.65. The Labute approximate surface area is 131 Å². The number of amides is 2. The molecular formula is C15H22N2O4S. The first-order chi connectivity index (χ1) is 10.3. The molecule has 1 fully saturated rings. The maximum atomic E-state index is 12.1. The highest BCUT2D eigenvalue weighted by molar-refractivity contribution is 7.94. The Morgan fingerprint density at radius 1 is 1.36 bits per heavy atom. The third kappa shape index (κ3) is 3.19. The van der Waals surface area contributed by atoms with Crippen molar-refractivity contribution in [3.05, 3.63) is 24.3 Å². The minimum Gasteiger partial charge on any atom is -0.491 e. The monoisotopic (exact) mass is 326 g/mol. The van der Waals surface area contributed by atoms with Crippen LogP contribution in [0.15, 0.2) is 24.3 Å². The molecule has 0 saturated carbocycles. The molecular weight excluding hydrogens is 304 g/mol. The van der Waals surface area contributed by atoms with Crippen molar-refractivity contribution in [1.82, 2.24) is 5.32 Å². The summed E-state index contributed by atoms with van der Waals surface area (Å²) in [5.74, 6) is 0.571. The predicted molar refractivity (Wildman–Crippen MR) is 86.0 cm³/mol. The summed E-state index contributed by atoms with van der Waals surface area (Å²) in [4.78, 5) is 12.1. The summed E-state index contributed by atoms with van der Waals surface area (Å²) >= 11 is 0. The molecule has 2 rings (SSSR count). The van der Waals surface area contributed by atoms with Crippen LogP contribution < -0.4 is 15.4 Å². The van der Waals surface area contributed by atoms with Crippen LogP contribution in [0.2, 0.25) is 0 Å². The van der Waals surface area contributed by atoms with E-state index in [1.807, 2.05) is 13.0 Å². The summed E-state index contributed by atoms with van der Waals surface area (Å²) in [5.41, 5.74) is 0.563. The smallest absolute Gasteiger partial charge is 0.319 e. The Bertz CT molecular complexity index is 655. The van der Waals surface area contributed by atoms with E-state index in [9.17, 15) is 13.2 Å². The van der Waals surface area contributed by atoms with Crippen LogP contribution >= 0.6 is 0 Å². The lowest BCUT2D eigenvalue weighted by Gasteiger charge is -2.43. The van der Waals surface area contributed by atoms with Crippen molar-refractivity contribution in [3.63, 3.8) is 0 Å². The summed E-state index contributed by atoms with van der Waals surface area (Å²) < 4.78 is 28.0. The Morgan fingerprint density at radius 2 is 2.05 bits per heavy atom. The van der Waals surface area contributed by atoms with Gasteiger partial charge in [-0.2, -0.15) is 0 Å². The number of hydrogen-bond acceptors (Lipinski definition) is 4. The van der Waals surface area contributed by atoms with Crippen LogP contribution in [0.5, 0.6) is 5.75 Å². The van der Waals surface area contributed by atoms with Crippen LogP contribution in [0.4, 0.5) is 10.5 Å². The average Bonchev–Trinajstić information content (AvgIpc) is 2.45. The molecule has 1 heterocycles. The summed E-state index contributed by atoms with van der Waals surface area (Å²) in [6.07, 6.45) is 0.870. The second-order valence-corrected chi connectivity index (χ2v) is 8.50. The first-order valence-electron chi connectivity index (χ1n) is 7.29. The Morgan fingerprint density at radius 3 is 2.64 bits per heavy atom. The molecule has 6 nitrogen and oxygen atoms in total. The Balaban J connectivity index is 1.99. The number of ether oxygens (including phenoxy) is 1. The van der Waals surface area contributed by atoms with E-state index < -0.39 is 20.6 Å². The lowest BCUT2D eigenvalue weighted by atomic mass is 10.0. The van der Waals surface area contributed by atoms with E-state index in [4.69, 9.17) is 4.74 Å². The Hall–Kier alpha value is -1.76. The van der Waals surface area contributed by atoms with Crippen molar-refractivity contribution < 1.29 is 17.9 Å². The second kappa shape index (κ2) is 6.16. The third-order valence-electron chi connectivity index (χ3n) is 3.93. The SMILES string of the molecule is CCCOc1ccccc1NC(=O)N[C@H]1CS(=O)(=O)C1(C)C. The molecule has 0 bridgehead atoms. The minimum absolute atomic E-state index is 0.0264. The van der Waals surface area contributed by atoms with Gasteiger partial charge in [0.2, 0.25) is 0 Å². The highest BCUT2D eigenvalue weighted by atomic mass is 32.2. The quantitative estimate of drug-likeness (QED) is 0.868. The van der Waals surface area contributed by atoms with E-state index in [1.165, 1.54) is 0 Å². The summed E-state index contributed by atoms with van der Waals surface area (Å²) in [6, 6.07) is 6.33. The van der Waals surface area contributed by atoms with E-state index >= 15 is 0 Å². The van der Waals surface area contributed by atoms with Crippen molar-refractivity contribution in [1.29, 1.82) is 0 Å². The number of benzene rings is 1. The van der Waals surface area contributed by atoms with E-state index in [-0.39, 0.29) is 11.8 Å². The molecule has 2 N–H and O–H groups in total. The number of hydrogen-bond donors (Lipinski definition) is 2. The van der Waals surface area contributed by atoms with Crippen molar-refractivity contribution in [3.8, 4) is 5.75 Å². The van der Waals surface area contributed by atoms with Gasteiger partial charge in [-0.1, -0.05) is 19.1 Å². The standard InChI is InChI=1S/C15H22N2O4S/c1-4-9-21-12-8-6-5-7-11(12)16-14(18)17-13-10-22(19,20)15(13,2)3/h5-8,13H,4,9-10H2,1-3H3,(H2,16,17,18)/t13-/m0/s1. The van der Waals surface area contributed by atoms with Gasteiger partial charge < -0.3 is 15.4 Å². The molecule has 1 aliphatic rings. The second-order valence-electron chi connectivity index (χ2n) is 5.88. The fourth-order valence-electron chi connectivity index (χ4n) is 2.19. The molecule has 0 radical (unpaired) electrons. The number of anilines is 1. The van der Waals surface area contributed by atoms with Gasteiger partial charge in [-0.05, 0) is 32.4 Å². The van der Waals surface area contributed by atoms with Gasteiger partial charge in [-0.15, -0.1) is 0 Å². The van der Waals surface area contributed by atoms with Gasteiger partial charge in [0.25, 0.3) is 0 Å². The maximum absolute atomic E-state index is 12.1. The molecule has 122 valence electrons. The zero-order valence-corrected chi connectivity index (χ0v) is 13.9. The number of para-hydroxylation sites is 2. The molecule has 0 aromatic heterocycles. The van der Waals surface area contributed by atoms with E-state index in [2.05, 4.69) is 10.6 Å². The molecule has 22 heavy (non-hydrogen) atoms. The maximum Gasteiger partial charge on any atom is 0.319 e. The average molecular weight is 326 g/mol. The summed E-state index contributed by atoms with van der Waals surface area (Å²) in [7, 11) is -3.11. The topological polar surface area (TPSA) is 84.5 Å². The van der Waals surface area contributed by atoms with E-state index in [0.29, 0.717) is 18.0 Å². The van der Waals surface area contributed by atoms with Crippen molar-refractivity contribution >= 4 is 21.6 Å². The predicted octanol–water partition coefficient (Wildman–Crippen LogP) is 2.17. The zero-order chi connectivity index (χ0) is 16.4.